The fraction of sp³-hybridized carbons (Fsp3) is 0.500. The molecule has 0 fully saturated rings. The van der Waals surface area contributed by atoms with Crippen LogP contribution in [-0.4, -0.2) is 19.1 Å². The van der Waals surface area contributed by atoms with Crippen LogP contribution in [0.4, 0.5) is 10.1 Å². The predicted molar refractivity (Wildman–Crippen MR) is 68.3 cm³/mol. The summed E-state index contributed by atoms with van der Waals surface area (Å²) in [5.41, 5.74) is 0.554. The molecule has 0 saturated carbocycles. The Kier molecular flexibility index (Phi) is 3.84. The largest absolute Gasteiger partial charge is 0.490 e. The molecular weight excluding hydrogens is 233 g/mol. The second kappa shape index (κ2) is 5.38. The summed E-state index contributed by atoms with van der Waals surface area (Å²) < 4.78 is 18.7. The highest BCUT2D eigenvalue weighted by Crippen LogP contribution is 2.33. The molecule has 2 rings (SSSR count). The minimum absolute atomic E-state index is 0.000725. The Labute approximate surface area is 107 Å². The standard InChI is InChI=1S/C14H18FNO2/c1-3-10(4-2)14(17)16-7-8-18-13-6-5-11(15)9-12(13)16/h5-6,9-10H,3-4,7-8H2,1-2H3. The van der Waals surface area contributed by atoms with E-state index in [-0.39, 0.29) is 17.6 Å². The summed E-state index contributed by atoms with van der Waals surface area (Å²) in [5.74, 6) is 0.304. The van der Waals surface area contributed by atoms with Crippen molar-refractivity contribution in [1.82, 2.24) is 0 Å². The van der Waals surface area contributed by atoms with Gasteiger partial charge in [-0.2, -0.15) is 0 Å². The second-order valence-corrected chi connectivity index (χ2v) is 4.46. The van der Waals surface area contributed by atoms with Gasteiger partial charge in [-0.15, -0.1) is 0 Å². The Morgan fingerprint density at radius 2 is 2.17 bits per heavy atom. The molecule has 0 unspecified atom stereocenters. The zero-order valence-electron chi connectivity index (χ0n) is 10.8. The molecular formula is C14H18FNO2. The Hall–Kier alpha value is -1.58. The summed E-state index contributed by atoms with van der Waals surface area (Å²) in [5, 5.41) is 0. The second-order valence-electron chi connectivity index (χ2n) is 4.46. The van der Waals surface area contributed by atoms with Crippen molar-refractivity contribution in [2.24, 2.45) is 5.92 Å². The average Bonchev–Trinajstić information content (AvgIpc) is 2.39. The SMILES string of the molecule is CCC(CC)C(=O)N1CCOc2ccc(F)cc21. The van der Waals surface area contributed by atoms with Crippen molar-refractivity contribution in [3.05, 3.63) is 24.0 Å². The van der Waals surface area contributed by atoms with Crippen LogP contribution in [0.15, 0.2) is 18.2 Å². The molecule has 1 heterocycles. The van der Waals surface area contributed by atoms with Crippen LogP contribution in [0.3, 0.4) is 0 Å². The Morgan fingerprint density at radius 1 is 1.44 bits per heavy atom. The first-order chi connectivity index (χ1) is 8.67. The molecule has 0 N–H and O–H groups in total. The highest BCUT2D eigenvalue weighted by atomic mass is 19.1. The first-order valence-electron chi connectivity index (χ1n) is 6.41. The molecule has 4 heteroatoms. The Morgan fingerprint density at radius 3 is 2.83 bits per heavy atom. The number of anilines is 1. The lowest BCUT2D eigenvalue weighted by molar-refractivity contribution is -0.122. The lowest BCUT2D eigenvalue weighted by Crippen LogP contribution is -2.41. The minimum Gasteiger partial charge on any atom is -0.490 e. The van der Waals surface area contributed by atoms with Gasteiger partial charge in [0.2, 0.25) is 5.91 Å². The topological polar surface area (TPSA) is 29.5 Å². The van der Waals surface area contributed by atoms with Gasteiger partial charge in [0.1, 0.15) is 18.2 Å². The van der Waals surface area contributed by atoms with Gasteiger partial charge in [0, 0.05) is 12.0 Å². The smallest absolute Gasteiger partial charge is 0.230 e. The summed E-state index contributed by atoms with van der Waals surface area (Å²) in [4.78, 5) is 14.0. The van der Waals surface area contributed by atoms with Crippen molar-refractivity contribution in [2.75, 3.05) is 18.1 Å². The number of halogens is 1. The maximum atomic E-state index is 13.3. The van der Waals surface area contributed by atoms with Gasteiger partial charge in [0.05, 0.1) is 12.2 Å². The fourth-order valence-corrected chi connectivity index (χ4v) is 2.28. The van der Waals surface area contributed by atoms with Gasteiger partial charge >= 0.3 is 0 Å². The van der Waals surface area contributed by atoms with Gasteiger partial charge in [-0.25, -0.2) is 4.39 Å². The van der Waals surface area contributed by atoms with E-state index in [1.807, 2.05) is 13.8 Å². The van der Waals surface area contributed by atoms with Crippen LogP contribution in [0.1, 0.15) is 26.7 Å². The number of carbonyl (C=O) groups is 1. The maximum absolute atomic E-state index is 13.3. The first-order valence-corrected chi connectivity index (χ1v) is 6.41. The number of fused-ring (bicyclic) bond motifs is 1. The lowest BCUT2D eigenvalue weighted by Gasteiger charge is -2.31. The third kappa shape index (κ3) is 2.33. The molecule has 98 valence electrons. The fourth-order valence-electron chi connectivity index (χ4n) is 2.28. The summed E-state index contributed by atoms with van der Waals surface area (Å²) >= 11 is 0. The predicted octanol–water partition coefficient (Wildman–Crippen LogP) is 2.99. The number of hydrogen-bond acceptors (Lipinski definition) is 2. The van der Waals surface area contributed by atoms with Gasteiger partial charge in [0.25, 0.3) is 0 Å². The highest BCUT2D eigenvalue weighted by Gasteiger charge is 2.28. The molecule has 0 bridgehead atoms. The third-order valence-corrected chi connectivity index (χ3v) is 3.39. The third-order valence-electron chi connectivity index (χ3n) is 3.39. The maximum Gasteiger partial charge on any atom is 0.230 e. The quantitative estimate of drug-likeness (QED) is 0.826. The molecule has 1 aliphatic heterocycles. The molecule has 0 aliphatic carbocycles. The Balaban J connectivity index is 2.32. The number of rotatable bonds is 3. The van der Waals surface area contributed by atoms with E-state index in [4.69, 9.17) is 4.74 Å². The van der Waals surface area contributed by atoms with Gasteiger partial charge in [-0.05, 0) is 25.0 Å². The average molecular weight is 251 g/mol. The lowest BCUT2D eigenvalue weighted by atomic mass is 10.0. The minimum atomic E-state index is -0.346. The molecule has 18 heavy (non-hydrogen) atoms. The van der Waals surface area contributed by atoms with Crippen molar-refractivity contribution >= 4 is 11.6 Å². The molecule has 1 amide bonds. The van der Waals surface area contributed by atoms with Crippen LogP contribution in [0.5, 0.6) is 5.75 Å². The van der Waals surface area contributed by atoms with E-state index in [1.165, 1.54) is 12.1 Å². The van der Waals surface area contributed by atoms with E-state index in [1.54, 1.807) is 11.0 Å². The van der Waals surface area contributed by atoms with Crippen molar-refractivity contribution in [1.29, 1.82) is 0 Å². The molecule has 0 saturated heterocycles. The van der Waals surface area contributed by atoms with Gasteiger partial charge < -0.3 is 9.64 Å². The number of hydrogen-bond donors (Lipinski definition) is 0. The van der Waals surface area contributed by atoms with E-state index < -0.39 is 0 Å². The van der Waals surface area contributed by atoms with Crippen LogP contribution >= 0.6 is 0 Å². The van der Waals surface area contributed by atoms with E-state index in [0.717, 1.165) is 12.8 Å². The Bertz CT molecular complexity index is 443. The van der Waals surface area contributed by atoms with Crippen molar-refractivity contribution in [2.45, 2.75) is 26.7 Å². The van der Waals surface area contributed by atoms with Crippen LogP contribution in [0.2, 0.25) is 0 Å². The molecule has 1 aromatic rings. The number of nitrogens with zero attached hydrogens (tertiary/aromatic N) is 1. The van der Waals surface area contributed by atoms with E-state index >= 15 is 0 Å². The van der Waals surface area contributed by atoms with E-state index in [9.17, 15) is 9.18 Å². The normalized spacial score (nSPS) is 14.3. The van der Waals surface area contributed by atoms with E-state index in [0.29, 0.717) is 24.6 Å². The van der Waals surface area contributed by atoms with Crippen LogP contribution in [-0.2, 0) is 4.79 Å². The summed E-state index contributed by atoms with van der Waals surface area (Å²) in [6.45, 7) is 4.95. The van der Waals surface area contributed by atoms with Crippen LogP contribution in [0, 0.1) is 11.7 Å². The molecule has 0 atom stereocenters. The molecule has 0 spiro atoms. The molecule has 0 radical (unpaired) electrons. The van der Waals surface area contributed by atoms with Gasteiger partial charge in [-0.1, -0.05) is 13.8 Å². The van der Waals surface area contributed by atoms with Crippen molar-refractivity contribution in [3.63, 3.8) is 0 Å². The summed E-state index contributed by atoms with van der Waals surface area (Å²) in [6, 6.07) is 4.30. The first kappa shape index (κ1) is 12.9. The number of benzene rings is 1. The number of ether oxygens (including phenoxy) is 1. The highest BCUT2D eigenvalue weighted by molar-refractivity contribution is 5.96. The van der Waals surface area contributed by atoms with Crippen molar-refractivity contribution in [3.8, 4) is 5.75 Å². The van der Waals surface area contributed by atoms with Crippen molar-refractivity contribution < 1.29 is 13.9 Å². The van der Waals surface area contributed by atoms with E-state index in [2.05, 4.69) is 0 Å². The molecule has 3 nitrogen and oxygen atoms in total. The molecule has 1 aliphatic rings. The summed E-state index contributed by atoms with van der Waals surface area (Å²) in [7, 11) is 0. The van der Waals surface area contributed by atoms with Crippen LogP contribution < -0.4 is 9.64 Å². The van der Waals surface area contributed by atoms with Crippen LogP contribution in [0.25, 0.3) is 0 Å². The number of amides is 1. The van der Waals surface area contributed by atoms with Gasteiger partial charge in [0.15, 0.2) is 0 Å². The van der Waals surface area contributed by atoms with Gasteiger partial charge in [-0.3, -0.25) is 4.79 Å². The monoisotopic (exact) mass is 251 g/mol. The molecule has 1 aromatic carbocycles. The zero-order valence-corrected chi connectivity index (χ0v) is 10.8. The zero-order chi connectivity index (χ0) is 13.1. The summed E-state index contributed by atoms with van der Waals surface area (Å²) in [6.07, 6.45) is 1.61. The number of carbonyl (C=O) groups excluding carboxylic acids is 1. The molecule has 0 aromatic heterocycles.